The summed E-state index contributed by atoms with van der Waals surface area (Å²) < 4.78 is 0. The van der Waals surface area contributed by atoms with E-state index in [1.54, 1.807) is 0 Å². The predicted octanol–water partition coefficient (Wildman–Crippen LogP) is 8.75. The standard InChI is InChI=1S/C36H27N3/c1-37-35(29-17-6-3-7-18-29)39-36(38-25-30-20-12-19-26-15-8-10-21-31(26)30)34-32-22-11-9-16-28(32)23-24-33(34)27-13-4-2-5-14-27/h2-24H,1,25H2. The van der Waals surface area contributed by atoms with Crippen molar-refractivity contribution in [2.24, 2.45) is 15.0 Å². The van der Waals surface area contributed by atoms with Crippen LogP contribution in [0, 0.1) is 0 Å². The van der Waals surface area contributed by atoms with Crippen molar-refractivity contribution < 1.29 is 0 Å². The van der Waals surface area contributed by atoms with Crippen molar-refractivity contribution in [3.05, 3.63) is 156 Å². The van der Waals surface area contributed by atoms with Crippen molar-refractivity contribution in [3.63, 3.8) is 0 Å². The highest BCUT2D eigenvalue weighted by molar-refractivity contribution is 6.20. The SMILES string of the molecule is C=NC(=NC(=NCc1cccc2ccccc12)c1c(-c2ccccc2)ccc2ccccc12)c1ccccc1. The summed E-state index contributed by atoms with van der Waals surface area (Å²) in [6, 6.07) is 47.9. The lowest BCUT2D eigenvalue weighted by Gasteiger charge is -2.15. The molecule has 0 aromatic heterocycles. The second-order valence-corrected chi connectivity index (χ2v) is 9.31. The lowest BCUT2D eigenvalue weighted by atomic mass is 9.93. The van der Waals surface area contributed by atoms with E-state index in [1.165, 1.54) is 10.8 Å². The van der Waals surface area contributed by atoms with E-state index in [2.05, 4.69) is 115 Å². The highest BCUT2D eigenvalue weighted by atomic mass is 15.0. The van der Waals surface area contributed by atoms with Crippen LogP contribution in [0.25, 0.3) is 32.7 Å². The van der Waals surface area contributed by atoms with Crippen LogP contribution in [-0.4, -0.2) is 18.4 Å². The molecule has 0 heterocycles. The van der Waals surface area contributed by atoms with Crippen LogP contribution in [0.1, 0.15) is 16.7 Å². The van der Waals surface area contributed by atoms with E-state index in [-0.39, 0.29) is 0 Å². The molecule has 0 amide bonds. The zero-order valence-corrected chi connectivity index (χ0v) is 21.5. The second kappa shape index (κ2) is 11.1. The van der Waals surface area contributed by atoms with Crippen molar-refractivity contribution in [1.29, 1.82) is 0 Å². The molecule has 6 aromatic carbocycles. The minimum Gasteiger partial charge on any atom is -0.261 e. The first-order valence-electron chi connectivity index (χ1n) is 13.0. The van der Waals surface area contributed by atoms with Gasteiger partial charge in [0, 0.05) is 11.1 Å². The Kier molecular flexibility index (Phi) is 6.87. The molecule has 0 aliphatic carbocycles. The van der Waals surface area contributed by atoms with Gasteiger partial charge in [-0.1, -0.05) is 140 Å². The van der Waals surface area contributed by atoms with Crippen LogP contribution in [0.3, 0.4) is 0 Å². The molecule has 0 radical (unpaired) electrons. The number of aliphatic imine (C=N–C) groups is 3. The molecule has 186 valence electrons. The number of fused-ring (bicyclic) bond motifs is 2. The Bertz CT molecular complexity index is 1830. The molecule has 0 saturated carbocycles. The monoisotopic (exact) mass is 501 g/mol. The minimum absolute atomic E-state index is 0.483. The Morgan fingerprint density at radius 1 is 0.538 bits per heavy atom. The Morgan fingerprint density at radius 3 is 1.90 bits per heavy atom. The predicted molar refractivity (Wildman–Crippen MR) is 166 cm³/mol. The average molecular weight is 502 g/mol. The van der Waals surface area contributed by atoms with Gasteiger partial charge in [0.05, 0.1) is 6.54 Å². The molecule has 0 aliphatic heterocycles. The van der Waals surface area contributed by atoms with Gasteiger partial charge >= 0.3 is 0 Å². The van der Waals surface area contributed by atoms with Gasteiger partial charge in [0.15, 0.2) is 11.7 Å². The van der Waals surface area contributed by atoms with E-state index in [1.807, 2.05) is 36.4 Å². The van der Waals surface area contributed by atoms with Crippen LogP contribution in [0.15, 0.2) is 155 Å². The smallest absolute Gasteiger partial charge is 0.161 e. The van der Waals surface area contributed by atoms with Crippen molar-refractivity contribution in [2.45, 2.75) is 6.54 Å². The number of nitrogens with zero attached hydrogens (tertiary/aromatic N) is 3. The Morgan fingerprint density at radius 2 is 1.15 bits per heavy atom. The third-order valence-corrected chi connectivity index (χ3v) is 6.91. The molecule has 39 heavy (non-hydrogen) atoms. The Balaban J connectivity index is 1.61. The van der Waals surface area contributed by atoms with Gasteiger partial charge in [-0.15, -0.1) is 0 Å². The van der Waals surface area contributed by atoms with Crippen molar-refractivity contribution in [1.82, 2.24) is 0 Å². The highest BCUT2D eigenvalue weighted by Gasteiger charge is 2.17. The van der Waals surface area contributed by atoms with E-state index < -0.39 is 0 Å². The number of hydrogen-bond donors (Lipinski definition) is 0. The molecule has 6 rings (SSSR count). The fraction of sp³-hybridized carbons (Fsp3) is 0.0278. The quantitative estimate of drug-likeness (QED) is 0.167. The number of benzene rings is 6. The number of hydrogen-bond acceptors (Lipinski definition) is 1. The summed E-state index contributed by atoms with van der Waals surface area (Å²) in [5, 5.41) is 4.62. The maximum Gasteiger partial charge on any atom is 0.161 e. The molecular weight excluding hydrogens is 474 g/mol. The van der Waals surface area contributed by atoms with Crippen LogP contribution < -0.4 is 0 Å². The van der Waals surface area contributed by atoms with E-state index in [0.29, 0.717) is 18.2 Å². The van der Waals surface area contributed by atoms with Crippen molar-refractivity contribution in [2.75, 3.05) is 0 Å². The maximum absolute atomic E-state index is 5.21. The van der Waals surface area contributed by atoms with Crippen LogP contribution >= 0.6 is 0 Å². The normalized spacial score (nSPS) is 12.1. The van der Waals surface area contributed by atoms with Gasteiger partial charge in [-0.2, -0.15) is 0 Å². The fourth-order valence-electron chi connectivity index (χ4n) is 5.01. The molecule has 0 fully saturated rings. The second-order valence-electron chi connectivity index (χ2n) is 9.31. The summed E-state index contributed by atoms with van der Waals surface area (Å²) in [5.41, 5.74) is 5.21. The van der Waals surface area contributed by atoms with Gasteiger partial charge in [-0.3, -0.25) is 4.99 Å². The van der Waals surface area contributed by atoms with Gasteiger partial charge in [0.2, 0.25) is 0 Å². The van der Waals surface area contributed by atoms with E-state index in [4.69, 9.17) is 9.98 Å². The Labute approximate surface area is 228 Å². The van der Waals surface area contributed by atoms with Gasteiger partial charge in [0.25, 0.3) is 0 Å². The average Bonchev–Trinajstić information content (AvgIpc) is 3.01. The summed E-state index contributed by atoms with van der Waals surface area (Å²) in [6.45, 7) is 4.33. The van der Waals surface area contributed by atoms with Crippen LogP contribution in [-0.2, 0) is 6.54 Å². The molecular formula is C36H27N3. The maximum atomic E-state index is 5.21. The largest absolute Gasteiger partial charge is 0.261 e. The molecule has 0 aliphatic rings. The summed E-state index contributed by atoms with van der Waals surface area (Å²) in [6.07, 6.45) is 0. The zero-order valence-electron chi connectivity index (χ0n) is 21.5. The highest BCUT2D eigenvalue weighted by Crippen LogP contribution is 2.32. The molecule has 0 saturated heterocycles. The topological polar surface area (TPSA) is 37.1 Å². The summed E-state index contributed by atoms with van der Waals surface area (Å²) in [4.78, 5) is 14.6. The molecule has 3 heteroatoms. The summed E-state index contributed by atoms with van der Waals surface area (Å²) in [5.74, 6) is 1.17. The van der Waals surface area contributed by atoms with Gasteiger partial charge in [0.1, 0.15) is 0 Å². The first-order chi connectivity index (χ1) is 19.3. The third kappa shape index (κ3) is 5.03. The van der Waals surface area contributed by atoms with Crippen LogP contribution in [0.4, 0.5) is 0 Å². The molecule has 0 atom stereocenters. The third-order valence-electron chi connectivity index (χ3n) is 6.91. The Hall–Kier alpha value is -5.15. The van der Waals surface area contributed by atoms with Gasteiger partial charge in [-0.25, -0.2) is 9.98 Å². The van der Waals surface area contributed by atoms with Crippen molar-refractivity contribution >= 4 is 39.9 Å². The molecule has 0 N–H and O–H groups in total. The van der Waals surface area contributed by atoms with Gasteiger partial charge in [-0.05, 0) is 45.0 Å². The summed E-state index contributed by atoms with van der Waals surface area (Å²) in [7, 11) is 0. The summed E-state index contributed by atoms with van der Waals surface area (Å²) >= 11 is 0. The lowest BCUT2D eigenvalue weighted by Crippen LogP contribution is -2.08. The van der Waals surface area contributed by atoms with Gasteiger partial charge < -0.3 is 0 Å². The van der Waals surface area contributed by atoms with Crippen LogP contribution in [0.2, 0.25) is 0 Å². The lowest BCUT2D eigenvalue weighted by molar-refractivity contribution is 1.08. The minimum atomic E-state index is 0.483. The molecule has 3 nitrogen and oxygen atoms in total. The van der Waals surface area contributed by atoms with E-state index in [0.717, 1.165) is 38.6 Å². The van der Waals surface area contributed by atoms with Crippen LogP contribution in [0.5, 0.6) is 0 Å². The van der Waals surface area contributed by atoms with E-state index >= 15 is 0 Å². The number of rotatable bonds is 5. The zero-order chi connectivity index (χ0) is 26.4. The van der Waals surface area contributed by atoms with Crippen molar-refractivity contribution in [3.8, 4) is 11.1 Å². The molecule has 0 bridgehead atoms. The number of amidine groups is 2. The fourth-order valence-corrected chi connectivity index (χ4v) is 5.01. The first kappa shape index (κ1) is 24.2. The molecule has 6 aromatic rings. The molecule has 0 spiro atoms. The van der Waals surface area contributed by atoms with E-state index in [9.17, 15) is 0 Å². The molecule has 0 unspecified atom stereocenters. The first-order valence-corrected chi connectivity index (χ1v) is 13.0.